The molecule has 90 valence electrons. The first-order chi connectivity index (χ1) is 6.89. The lowest BCUT2D eigenvalue weighted by atomic mass is 10.1. The first kappa shape index (κ1) is 14.2. The Kier molecular flexibility index (Phi) is 6.32. The van der Waals surface area contributed by atoms with Crippen molar-refractivity contribution < 1.29 is 14.6 Å². The van der Waals surface area contributed by atoms with E-state index in [0.29, 0.717) is 6.42 Å². The topological polar surface area (TPSA) is 58.6 Å². The third kappa shape index (κ3) is 8.24. The zero-order valence-electron chi connectivity index (χ0n) is 10.2. The molecular formula is C11H23NO3. The van der Waals surface area contributed by atoms with E-state index in [1.165, 1.54) is 0 Å². The van der Waals surface area contributed by atoms with Crippen LogP contribution in [0, 0.1) is 0 Å². The number of rotatable bonds is 5. The van der Waals surface area contributed by atoms with E-state index in [1.807, 2.05) is 27.7 Å². The van der Waals surface area contributed by atoms with Crippen LogP contribution in [0.15, 0.2) is 0 Å². The van der Waals surface area contributed by atoms with Crippen LogP contribution in [0.1, 0.15) is 47.0 Å². The van der Waals surface area contributed by atoms with Crippen molar-refractivity contribution in [1.29, 1.82) is 0 Å². The van der Waals surface area contributed by atoms with E-state index in [2.05, 4.69) is 5.32 Å². The highest BCUT2D eigenvalue weighted by Gasteiger charge is 2.18. The summed E-state index contributed by atoms with van der Waals surface area (Å²) >= 11 is 0. The molecule has 0 saturated carbocycles. The summed E-state index contributed by atoms with van der Waals surface area (Å²) in [4.78, 5) is 11.4. The molecule has 0 fully saturated rings. The van der Waals surface area contributed by atoms with Gasteiger partial charge in [-0.25, -0.2) is 4.79 Å². The minimum atomic E-state index is -0.459. The summed E-state index contributed by atoms with van der Waals surface area (Å²) < 4.78 is 5.14. The molecule has 0 saturated heterocycles. The molecule has 0 aliphatic heterocycles. The molecule has 0 heterocycles. The first-order valence-corrected chi connectivity index (χ1v) is 5.49. The van der Waals surface area contributed by atoms with E-state index in [0.717, 1.165) is 12.8 Å². The molecule has 0 aliphatic rings. The number of aliphatic hydroxyl groups is 1. The normalized spacial score (nSPS) is 13.4. The molecule has 15 heavy (non-hydrogen) atoms. The summed E-state index contributed by atoms with van der Waals surface area (Å²) in [7, 11) is 0. The van der Waals surface area contributed by atoms with Gasteiger partial charge < -0.3 is 15.2 Å². The van der Waals surface area contributed by atoms with Gasteiger partial charge >= 0.3 is 6.09 Å². The quantitative estimate of drug-likeness (QED) is 0.741. The average Bonchev–Trinajstić information content (AvgIpc) is 2.09. The van der Waals surface area contributed by atoms with Crippen molar-refractivity contribution in [2.24, 2.45) is 0 Å². The molecule has 4 heteroatoms. The molecule has 0 unspecified atom stereocenters. The molecule has 0 aliphatic carbocycles. The van der Waals surface area contributed by atoms with E-state index in [4.69, 9.17) is 9.84 Å². The third-order valence-electron chi connectivity index (χ3n) is 1.92. The maximum atomic E-state index is 11.4. The smallest absolute Gasteiger partial charge is 0.407 e. The van der Waals surface area contributed by atoms with Gasteiger partial charge in [-0.3, -0.25) is 0 Å². The molecule has 0 radical (unpaired) electrons. The van der Waals surface area contributed by atoms with Crippen molar-refractivity contribution in [3.63, 3.8) is 0 Å². The van der Waals surface area contributed by atoms with Crippen LogP contribution in [0.3, 0.4) is 0 Å². The molecule has 1 atom stereocenters. The number of hydrogen-bond acceptors (Lipinski definition) is 3. The predicted octanol–water partition coefficient (Wildman–Crippen LogP) is 2.06. The maximum absolute atomic E-state index is 11.4. The van der Waals surface area contributed by atoms with Crippen LogP contribution in [0.25, 0.3) is 0 Å². The zero-order valence-corrected chi connectivity index (χ0v) is 10.2. The SMILES string of the molecule is CC[C@H](CCCO)NC(=O)OC(C)(C)C. The van der Waals surface area contributed by atoms with Gasteiger partial charge in [0.25, 0.3) is 0 Å². The van der Waals surface area contributed by atoms with E-state index >= 15 is 0 Å². The van der Waals surface area contributed by atoms with Crippen molar-refractivity contribution >= 4 is 6.09 Å². The number of hydrogen-bond donors (Lipinski definition) is 2. The van der Waals surface area contributed by atoms with Gasteiger partial charge in [-0.15, -0.1) is 0 Å². The second-order valence-electron chi connectivity index (χ2n) is 4.62. The van der Waals surface area contributed by atoms with Gasteiger partial charge in [0.1, 0.15) is 5.60 Å². The largest absolute Gasteiger partial charge is 0.444 e. The number of ether oxygens (including phenoxy) is 1. The van der Waals surface area contributed by atoms with Gasteiger partial charge in [-0.2, -0.15) is 0 Å². The highest BCUT2D eigenvalue weighted by molar-refractivity contribution is 5.68. The number of carbonyl (C=O) groups excluding carboxylic acids is 1. The molecule has 0 spiro atoms. The van der Waals surface area contributed by atoms with Crippen LogP contribution in [-0.4, -0.2) is 29.4 Å². The summed E-state index contributed by atoms with van der Waals surface area (Å²) in [5.74, 6) is 0. The lowest BCUT2D eigenvalue weighted by Crippen LogP contribution is -2.38. The summed E-state index contributed by atoms with van der Waals surface area (Å²) in [6.07, 6.45) is 1.95. The number of nitrogens with one attached hydrogen (secondary N) is 1. The van der Waals surface area contributed by atoms with Crippen molar-refractivity contribution in [1.82, 2.24) is 5.32 Å². The lowest BCUT2D eigenvalue weighted by molar-refractivity contribution is 0.0498. The fourth-order valence-corrected chi connectivity index (χ4v) is 1.19. The molecule has 0 rings (SSSR count). The molecule has 0 aromatic carbocycles. The standard InChI is InChI=1S/C11H23NO3/c1-5-9(7-6-8-13)12-10(14)15-11(2,3)4/h9,13H,5-8H2,1-4H3,(H,12,14)/t9-/m1/s1. The number of aliphatic hydroxyl groups excluding tert-OH is 1. The monoisotopic (exact) mass is 217 g/mol. The van der Waals surface area contributed by atoms with Crippen LogP contribution >= 0.6 is 0 Å². The second kappa shape index (κ2) is 6.67. The highest BCUT2D eigenvalue weighted by Crippen LogP contribution is 2.08. The fraction of sp³-hybridized carbons (Fsp3) is 0.909. The Balaban J connectivity index is 3.91. The molecule has 0 aromatic rings. The Bertz CT molecular complexity index is 187. The summed E-state index contributed by atoms with van der Waals surface area (Å²) in [5, 5.41) is 11.5. The van der Waals surface area contributed by atoms with Gasteiger partial charge in [-0.1, -0.05) is 6.92 Å². The summed E-state index contributed by atoms with van der Waals surface area (Å²) in [6, 6.07) is 0.0898. The molecule has 1 amide bonds. The van der Waals surface area contributed by atoms with Crippen LogP contribution in [0.4, 0.5) is 4.79 Å². The van der Waals surface area contributed by atoms with E-state index in [-0.39, 0.29) is 18.7 Å². The van der Waals surface area contributed by atoms with E-state index in [9.17, 15) is 4.79 Å². The summed E-state index contributed by atoms with van der Waals surface area (Å²) in [6.45, 7) is 7.66. The van der Waals surface area contributed by atoms with Crippen LogP contribution in [0.5, 0.6) is 0 Å². The summed E-state index contributed by atoms with van der Waals surface area (Å²) in [5.41, 5.74) is -0.459. The van der Waals surface area contributed by atoms with Crippen LogP contribution in [-0.2, 0) is 4.74 Å². The lowest BCUT2D eigenvalue weighted by Gasteiger charge is -2.22. The Labute approximate surface area is 92.0 Å². The Morgan fingerprint density at radius 2 is 2.07 bits per heavy atom. The van der Waals surface area contributed by atoms with Gasteiger partial charge in [0.05, 0.1) is 0 Å². The Hall–Kier alpha value is -0.770. The van der Waals surface area contributed by atoms with Crippen molar-refractivity contribution in [3.05, 3.63) is 0 Å². The molecule has 2 N–H and O–H groups in total. The minimum Gasteiger partial charge on any atom is -0.444 e. The van der Waals surface area contributed by atoms with Gasteiger partial charge in [0, 0.05) is 12.6 Å². The minimum absolute atomic E-state index is 0.0898. The number of alkyl carbamates (subject to hydrolysis) is 1. The van der Waals surface area contributed by atoms with Crippen molar-refractivity contribution in [2.75, 3.05) is 6.61 Å². The Morgan fingerprint density at radius 3 is 2.47 bits per heavy atom. The third-order valence-corrected chi connectivity index (χ3v) is 1.92. The molecular weight excluding hydrogens is 194 g/mol. The number of amides is 1. The molecule has 0 bridgehead atoms. The number of carbonyl (C=O) groups is 1. The van der Waals surface area contributed by atoms with E-state index in [1.54, 1.807) is 0 Å². The predicted molar refractivity (Wildman–Crippen MR) is 59.8 cm³/mol. The average molecular weight is 217 g/mol. The zero-order chi connectivity index (χ0) is 11.9. The van der Waals surface area contributed by atoms with Gasteiger partial charge in [0.2, 0.25) is 0 Å². The Morgan fingerprint density at radius 1 is 1.47 bits per heavy atom. The van der Waals surface area contributed by atoms with Gasteiger partial charge in [0.15, 0.2) is 0 Å². The van der Waals surface area contributed by atoms with Gasteiger partial charge in [-0.05, 0) is 40.0 Å². The second-order valence-corrected chi connectivity index (χ2v) is 4.62. The van der Waals surface area contributed by atoms with E-state index < -0.39 is 5.60 Å². The van der Waals surface area contributed by atoms with Crippen molar-refractivity contribution in [2.45, 2.75) is 58.6 Å². The maximum Gasteiger partial charge on any atom is 0.407 e. The van der Waals surface area contributed by atoms with Crippen LogP contribution < -0.4 is 5.32 Å². The van der Waals surface area contributed by atoms with Crippen LogP contribution in [0.2, 0.25) is 0 Å². The fourth-order valence-electron chi connectivity index (χ4n) is 1.19. The molecule has 4 nitrogen and oxygen atoms in total. The molecule has 0 aromatic heterocycles. The van der Waals surface area contributed by atoms with Crippen molar-refractivity contribution in [3.8, 4) is 0 Å². The first-order valence-electron chi connectivity index (χ1n) is 5.49. The highest BCUT2D eigenvalue weighted by atomic mass is 16.6.